The zero-order chi connectivity index (χ0) is 19.0. The number of carbonyl (C=O) groups excluding carboxylic acids is 2. The minimum Gasteiger partial charge on any atom is -0.455 e. The molecule has 4 saturated carbocycles. The van der Waals surface area contributed by atoms with E-state index >= 15 is 0 Å². The summed E-state index contributed by atoms with van der Waals surface area (Å²) in [5.41, 5.74) is 1.65. The molecule has 4 fully saturated rings. The highest BCUT2D eigenvalue weighted by Gasteiger charge is 2.55. The lowest BCUT2D eigenvalue weighted by Crippen LogP contribution is -2.50. The van der Waals surface area contributed by atoms with Gasteiger partial charge in [-0.3, -0.25) is 9.59 Å². The molecule has 4 aliphatic rings. The maximum atomic E-state index is 12.9. The molecule has 1 amide bonds. The van der Waals surface area contributed by atoms with Crippen LogP contribution in [-0.4, -0.2) is 18.5 Å². The van der Waals surface area contributed by atoms with E-state index in [1.165, 1.54) is 19.3 Å². The van der Waals surface area contributed by atoms with Crippen molar-refractivity contribution < 1.29 is 14.3 Å². The van der Waals surface area contributed by atoms with Crippen LogP contribution in [0.4, 0.5) is 5.69 Å². The highest BCUT2D eigenvalue weighted by Crippen LogP contribution is 2.60. The second kappa shape index (κ2) is 7.29. The maximum absolute atomic E-state index is 12.9. The molecule has 27 heavy (non-hydrogen) atoms. The predicted molar refractivity (Wildman–Crippen MR) is 105 cm³/mol. The minimum absolute atomic E-state index is 0.132. The Bertz CT molecular complexity index is 691. The average Bonchev–Trinajstić information content (AvgIpc) is 2.65. The van der Waals surface area contributed by atoms with Crippen LogP contribution in [0.1, 0.15) is 70.3 Å². The Kier molecular flexibility index (Phi) is 5.00. The van der Waals surface area contributed by atoms with Gasteiger partial charge in [-0.05, 0) is 80.2 Å². The zero-order valence-electron chi connectivity index (χ0n) is 16.5. The van der Waals surface area contributed by atoms with Crippen molar-refractivity contribution >= 4 is 17.6 Å². The van der Waals surface area contributed by atoms with E-state index in [1.54, 1.807) is 0 Å². The third kappa shape index (κ3) is 3.63. The number of nitrogens with one attached hydrogen (secondary N) is 1. The summed E-state index contributed by atoms with van der Waals surface area (Å²) in [7, 11) is 0. The third-order valence-corrected chi connectivity index (χ3v) is 7.18. The summed E-state index contributed by atoms with van der Waals surface area (Å²) in [6, 6.07) is 7.87. The van der Waals surface area contributed by atoms with Crippen LogP contribution < -0.4 is 5.32 Å². The summed E-state index contributed by atoms with van der Waals surface area (Å²) in [6.07, 6.45) is 7.79. The van der Waals surface area contributed by atoms with Crippen molar-refractivity contribution in [1.29, 1.82) is 0 Å². The minimum atomic E-state index is -0.302. The molecule has 0 radical (unpaired) electrons. The van der Waals surface area contributed by atoms with Gasteiger partial charge in [0, 0.05) is 5.69 Å². The van der Waals surface area contributed by atoms with Gasteiger partial charge in [-0.1, -0.05) is 32.0 Å². The molecule has 0 aliphatic heterocycles. The van der Waals surface area contributed by atoms with E-state index in [9.17, 15) is 9.59 Å². The Hall–Kier alpha value is -1.84. The average molecular weight is 370 g/mol. The molecule has 1 aromatic rings. The fourth-order valence-corrected chi connectivity index (χ4v) is 6.09. The summed E-state index contributed by atoms with van der Waals surface area (Å²) >= 11 is 0. The van der Waals surface area contributed by atoms with E-state index in [2.05, 4.69) is 19.2 Å². The maximum Gasteiger partial charge on any atom is 0.312 e. The fraction of sp³-hybridized carbons (Fsp3) is 0.652. The van der Waals surface area contributed by atoms with Crippen LogP contribution in [0, 0.1) is 23.2 Å². The van der Waals surface area contributed by atoms with E-state index < -0.39 is 0 Å². The van der Waals surface area contributed by atoms with Gasteiger partial charge in [0.25, 0.3) is 5.91 Å². The molecule has 146 valence electrons. The number of amides is 1. The van der Waals surface area contributed by atoms with Crippen LogP contribution >= 0.6 is 0 Å². The van der Waals surface area contributed by atoms with Crippen molar-refractivity contribution in [2.45, 2.75) is 64.7 Å². The zero-order valence-corrected chi connectivity index (χ0v) is 16.5. The number of ether oxygens (including phenoxy) is 1. The smallest absolute Gasteiger partial charge is 0.312 e. The van der Waals surface area contributed by atoms with E-state index in [0.29, 0.717) is 23.7 Å². The molecule has 0 heterocycles. The molecule has 4 heteroatoms. The Morgan fingerprint density at radius 2 is 1.70 bits per heavy atom. The van der Waals surface area contributed by atoms with Crippen LogP contribution in [0.5, 0.6) is 0 Å². The number of benzene rings is 1. The van der Waals surface area contributed by atoms with Gasteiger partial charge < -0.3 is 10.1 Å². The summed E-state index contributed by atoms with van der Waals surface area (Å²) < 4.78 is 5.54. The van der Waals surface area contributed by atoms with Crippen LogP contribution in [-0.2, 0) is 14.3 Å². The first-order valence-corrected chi connectivity index (χ1v) is 10.5. The number of hydrogen-bond donors (Lipinski definition) is 1. The Labute approximate surface area is 162 Å². The standard InChI is InChI=1S/C23H31NO3/c1-3-15(2)19-6-4-5-7-20(19)24-21(25)14-27-22(26)23-11-16-8-17(12-23)10-18(9-16)13-23/h4-7,15-18H,3,8-14H2,1-2H3,(H,24,25)/t15-,16?,17?,18?,23?/m1/s1. The van der Waals surface area contributed by atoms with E-state index in [1.807, 2.05) is 24.3 Å². The molecule has 5 rings (SSSR count). The Balaban J connectivity index is 1.36. The monoisotopic (exact) mass is 369 g/mol. The van der Waals surface area contributed by atoms with E-state index in [0.717, 1.165) is 36.9 Å². The molecular weight excluding hydrogens is 338 g/mol. The number of rotatable bonds is 6. The molecule has 4 bridgehead atoms. The van der Waals surface area contributed by atoms with Crippen molar-refractivity contribution in [2.75, 3.05) is 11.9 Å². The van der Waals surface area contributed by atoms with E-state index in [-0.39, 0.29) is 23.9 Å². The number of carbonyl (C=O) groups is 2. The van der Waals surface area contributed by atoms with Gasteiger partial charge in [0.05, 0.1) is 5.41 Å². The van der Waals surface area contributed by atoms with Crippen molar-refractivity contribution in [3.05, 3.63) is 29.8 Å². The largest absolute Gasteiger partial charge is 0.455 e. The number of esters is 1. The first-order valence-electron chi connectivity index (χ1n) is 10.5. The Morgan fingerprint density at radius 1 is 1.11 bits per heavy atom. The number of para-hydroxylation sites is 1. The molecule has 0 saturated heterocycles. The third-order valence-electron chi connectivity index (χ3n) is 7.18. The molecule has 0 aromatic heterocycles. The lowest BCUT2D eigenvalue weighted by Gasteiger charge is -2.55. The summed E-state index contributed by atoms with van der Waals surface area (Å²) in [6.45, 7) is 4.10. The van der Waals surface area contributed by atoms with Gasteiger partial charge in [0.1, 0.15) is 0 Å². The van der Waals surface area contributed by atoms with Gasteiger partial charge in [0.15, 0.2) is 6.61 Å². The highest BCUT2D eigenvalue weighted by molar-refractivity contribution is 5.94. The van der Waals surface area contributed by atoms with Gasteiger partial charge >= 0.3 is 5.97 Å². The summed E-state index contributed by atoms with van der Waals surface area (Å²) in [4.78, 5) is 25.3. The molecule has 0 spiro atoms. The number of anilines is 1. The van der Waals surface area contributed by atoms with Crippen LogP contribution in [0.15, 0.2) is 24.3 Å². The lowest BCUT2D eigenvalue weighted by atomic mass is 9.49. The van der Waals surface area contributed by atoms with Gasteiger partial charge in [0.2, 0.25) is 0 Å². The van der Waals surface area contributed by atoms with Crippen molar-refractivity contribution in [3.8, 4) is 0 Å². The molecule has 1 N–H and O–H groups in total. The topological polar surface area (TPSA) is 55.4 Å². The van der Waals surface area contributed by atoms with Crippen LogP contribution in [0.25, 0.3) is 0 Å². The van der Waals surface area contributed by atoms with E-state index in [4.69, 9.17) is 4.74 Å². The molecule has 4 aliphatic carbocycles. The molecule has 1 atom stereocenters. The summed E-state index contributed by atoms with van der Waals surface area (Å²) in [5, 5.41) is 2.94. The SMILES string of the molecule is CC[C@@H](C)c1ccccc1NC(=O)COC(=O)C12CC3CC(CC(C3)C1)C2. The normalized spacial score (nSPS) is 32.1. The van der Waals surface area contributed by atoms with Crippen molar-refractivity contribution in [2.24, 2.45) is 23.2 Å². The predicted octanol–water partition coefficient (Wildman–Crippen LogP) is 4.90. The molecular formula is C23H31NO3. The van der Waals surface area contributed by atoms with Gasteiger partial charge in [-0.25, -0.2) is 0 Å². The molecule has 0 unspecified atom stereocenters. The molecule has 4 nitrogen and oxygen atoms in total. The quantitative estimate of drug-likeness (QED) is 0.726. The van der Waals surface area contributed by atoms with Gasteiger partial charge in [-0.15, -0.1) is 0 Å². The first kappa shape index (κ1) is 18.5. The van der Waals surface area contributed by atoms with Crippen molar-refractivity contribution in [3.63, 3.8) is 0 Å². The van der Waals surface area contributed by atoms with Crippen molar-refractivity contribution in [1.82, 2.24) is 0 Å². The second-order valence-electron chi connectivity index (χ2n) is 9.22. The second-order valence-corrected chi connectivity index (χ2v) is 9.22. The van der Waals surface area contributed by atoms with Crippen LogP contribution in [0.3, 0.4) is 0 Å². The highest BCUT2D eigenvalue weighted by atomic mass is 16.5. The van der Waals surface area contributed by atoms with Crippen LogP contribution in [0.2, 0.25) is 0 Å². The number of hydrogen-bond acceptors (Lipinski definition) is 3. The summed E-state index contributed by atoms with van der Waals surface area (Å²) in [5.74, 6) is 2.08. The Morgan fingerprint density at radius 3 is 2.30 bits per heavy atom. The molecule has 1 aromatic carbocycles. The first-order chi connectivity index (χ1) is 13.0. The fourth-order valence-electron chi connectivity index (χ4n) is 6.09. The van der Waals surface area contributed by atoms with Gasteiger partial charge in [-0.2, -0.15) is 0 Å². The lowest BCUT2D eigenvalue weighted by molar-refractivity contribution is -0.172.